The molecular weight excluding hydrogens is 491 g/mol. The Morgan fingerprint density at radius 1 is 1.15 bits per heavy atom. The largest absolute Gasteiger partial charge is 0.388 e. The normalized spacial score (nSPS) is 21.6. The minimum absolute atomic E-state index is 0.161. The molecule has 10 heteroatoms. The molecule has 8 nitrogen and oxygen atoms in total. The lowest BCUT2D eigenvalue weighted by atomic mass is 9.91. The fraction of sp³-hybridized carbons (Fsp3) is 0.261. The van der Waals surface area contributed by atoms with Crippen LogP contribution in [-0.2, 0) is 6.42 Å². The average molecular weight is 513 g/mol. The molecule has 4 aromatic rings. The fourth-order valence-electron chi connectivity index (χ4n) is 4.58. The third kappa shape index (κ3) is 3.64. The molecule has 1 aromatic carbocycles. The number of pyridine rings is 1. The number of hydrogen-bond donors (Lipinski definition) is 4. The van der Waals surface area contributed by atoms with Crippen molar-refractivity contribution in [3.8, 4) is 0 Å². The monoisotopic (exact) mass is 512 g/mol. The Kier molecular flexibility index (Phi) is 5.31. The van der Waals surface area contributed by atoms with Crippen molar-refractivity contribution in [2.75, 3.05) is 11.5 Å². The van der Waals surface area contributed by atoms with Gasteiger partial charge >= 0.3 is 0 Å². The van der Waals surface area contributed by atoms with Crippen molar-refractivity contribution in [3.05, 3.63) is 64.3 Å². The van der Waals surface area contributed by atoms with Crippen molar-refractivity contribution in [1.29, 1.82) is 0 Å². The highest BCUT2D eigenvalue weighted by Gasteiger charge is 2.38. The first-order chi connectivity index (χ1) is 15.7. The van der Waals surface area contributed by atoms with Gasteiger partial charge in [-0.15, -0.1) is 0 Å². The molecule has 3 aromatic heterocycles. The number of rotatable bonds is 4. The van der Waals surface area contributed by atoms with Crippen LogP contribution in [0.2, 0.25) is 0 Å². The lowest BCUT2D eigenvalue weighted by Crippen LogP contribution is -2.30. The maximum absolute atomic E-state index is 14.7. The Balaban J connectivity index is 1.46. The molecule has 170 valence electrons. The van der Waals surface area contributed by atoms with Gasteiger partial charge in [0.2, 0.25) is 0 Å². The van der Waals surface area contributed by atoms with Gasteiger partial charge in [-0.3, -0.25) is 0 Å². The van der Waals surface area contributed by atoms with Crippen LogP contribution in [-0.4, -0.2) is 41.9 Å². The summed E-state index contributed by atoms with van der Waals surface area (Å²) in [6, 6.07) is 6.15. The summed E-state index contributed by atoms with van der Waals surface area (Å²) in [6.07, 6.45) is 3.33. The lowest BCUT2D eigenvalue weighted by Gasteiger charge is -2.21. The predicted molar refractivity (Wildman–Crippen MR) is 128 cm³/mol. The molecular formula is C23H22BrFN6O2. The molecule has 33 heavy (non-hydrogen) atoms. The zero-order valence-corrected chi connectivity index (χ0v) is 19.2. The molecule has 3 unspecified atom stereocenters. The number of halogens is 2. The summed E-state index contributed by atoms with van der Waals surface area (Å²) in [5.41, 5.74) is 14.2. The Morgan fingerprint density at radius 3 is 2.73 bits per heavy atom. The predicted octanol–water partition coefficient (Wildman–Crippen LogP) is 3.13. The number of nitrogens with two attached hydrogens (primary N) is 2. The number of nitrogen functional groups attached to an aromatic ring is 2. The van der Waals surface area contributed by atoms with Crippen molar-refractivity contribution in [3.63, 3.8) is 0 Å². The third-order valence-corrected chi connectivity index (χ3v) is 6.91. The Hall–Kier alpha value is -3.08. The van der Waals surface area contributed by atoms with Crippen molar-refractivity contribution < 1.29 is 14.6 Å². The smallest absolute Gasteiger partial charge is 0.146 e. The average Bonchev–Trinajstić information content (AvgIpc) is 3.32. The maximum Gasteiger partial charge on any atom is 0.146 e. The van der Waals surface area contributed by atoms with Crippen LogP contribution >= 0.6 is 15.9 Å². The van der Waals surface area contributed by atoms with Gasteiger partial charge in [-0.2, -0.15) is 0 Å². The first-order valence-electron chi connectivity index (χ1n) is 10.4. The Morgan fingerprint density at radius 2 is 1.94 bits per heavy atom. The van der Waals surface area contributed by atoms with E-state index in [1.807, 2.05) is 13.0 Å². The topological polar surface area (TPSA) is 136 Å². The molecule has 0 amide bonds. The lowest BCUT2D eigenvalue weighted by molar-refractivity contribution is 0.0293. The summed E-state index contributed by atoms with van der Waals surface area (Å²) in [5, 5.41) is 22.7. The maximum atomic E-state index is 14.7. The summed E-state index contributed by atoms with van der Waals surface area (Å²) in [5.74, 6) is 0.0861. The van der Waals surface area contributed by atoms with E-state index in [1.54, 1.807) is 29.0 Å². The number of aromatic nitrogens is 4. The number of fused-ring (bicyclic) bond motifs is 2. The number of anilines is 2. The van der Waals surface area contributed by atoms with E-state index in [-0.39, 0.29) is 11.7 Å². The van der Waals surface area contributed by atoms with E-state index in [2.05, 4.69) is 30.9 Å². The van der Waals surface area contributed by atoms with E-state index < -0.39 is 24.1 Å². The standard InChI is InChI=1S/C23H22BrFN6O2/c1-10(4-11-5-16(25)14-7-15(24)22(27)30-17(14)6-11)13-8-18(20(33)19(13)32)31-3-2-12-21(26)28-9-29-23(12)31/h2-3,5-10,18-20,32-33H,4H2,1H3,(H2,27,30)(H2,26,28,29)/t10?,18?,19?,20-/m1/s1. The number of aliphatic hydroxyl groups is 2. The second-order valence-electron chi connectivity index (χ2n) is 8.42. The number of benzene rings is 1. The summed E-state index contributed by atoms with van der Waals surface area (Å²) in [4.78, 5) is 12.5. The minimum atomic E-state index is -1.06. The molecule has 6 N–H and O–H groups in total. The second kappa shape index (κ2) is 8.05. The molecule has 0 fully saturated rings. The van der Waals surface area contributed by atoms with E-state index in [9.17, 15) is 14.6 Å². The van der Waals surface area contributed by atoms with Gasteiger partial charge in [-0.1, -0.05) is 13.0 Å². The molecule has 1 aliphatic carbocycles. The fourth-order valence-corrected chi connectivity index (χ4v) is 4.89. The van der Waals surface area contributed by atoms with E-state index in [0.717, 1.165) is 5.56 Å². The third-order valence-electron chi connectivity index (χ3n) is 6.27. The van der Waals surface area contributed by atoms with Crippen LogP contribution in [0.3, 0.4) is 0 Å². The first-order valence-corrected chi connectivity index (χ1v) is 11.2. The summed E-state index contributed by atoms with van der Waals surface area (Å²) in [6.45, 7) is 1.93. The van der Waals surface area contributed by atoms with Crippen LogP contribution in [0.5, 0.6) is 0 Å². The highest BCUT2D eigenvalue weighted by Crippen LogP contribution is 2.37. The van der Waals surface area contributed by atoms with E-state index in [0.29, 0.717) is 44.2 Å². The summed E-state index contributed by atoms with van der Waals surface area (Å²) >= 11 is 3.28. The SMILES string of the molecule is CC(Cc1cc(F)c2cc(Br)c(N)nc2c1)C1=CC(n2ccc3c(N)ncnc32)[C@@H](O)C1O. The molecule has 4 atom stereocenters. The molecule has 5 rings (SSSR count). The van der Waals surface area contributed by atoms with Gasteiger partial charge in [0, 0.05) is 11.6 Å². The van der Waals surface area contributed by atoms with Crippen molar-refractivity contribution in [2.24, 2.45) is 5.92 Å². The van der Waals surface area contributed by atoms with Gasteiger partial charge in [0.05, 0.1) is 21.4 Å². The molecule has 0 aliphatic heterocycles. The van der Waals surface area contributed by atoms with Gasteiger partial charge in [0.15, 0.2) is 0 Å². The molecule has 0 spiro atoms. The van der Waals surface area contributed by atoms with Crippen LogP contribution < -0.4 is 11.5 Å². The van der Waals surface area contributed by atoms with Gasteiger partial charge < -0.3 is 26.2 Å². The zero-order valence-electron chi connectivity index (χ0n) is 17.7. The molecule has 0 saturated heterocycles. The molecule has 0 bridgehead atoms. The van der Waals surface area contributed by atoms with Crippen LogP contribution in [0.25, 0.3) is 21.9 Å². The van der Waals surface area contributed by atoms with Gasteiger partial charge in [0.25, 0.3) is 0 Å². The van der Waals surface area contributed by atoms with E-state index in [1.165, 1.54) is 12.4 Å². The quantitative estimate of drug-likeness (QED) is 0.308. The van der Waals surface area contributed by atoms with Crippen LogP contribution in [0.15, 0.2) is 52.9 Å². The second-order valence-corrected chi connectivity index (χ2v) is 9.27. The molecule has 0 saturated carbocycles. The zero-order chi connectivity index (χ0) is 23.4. The summed E-state index contributed by atoms with van der Waals surface area (Å²) < 4.78 is 17.0. The number of hydrogen-bond acceptors (Lipinski definition) is 7. The van der Waals surface area contributed by atoms with E-state index in [4.69, 9.17) is 11.5 Å². The molecule has 3 heterocycles. The van der Waals surface area contributed by atoms with Crippen molar-refractivity contribution in [1.82, 2.24) is 19.5 Å². The van der Waals surface area contributed by atoms with Crippen LogP contribution in [0, 0.1) is 11.7 Å². The van der Waals surface area contributed by atoms with Crippen molar-refractivity contribution in [2.45, 2.75) is 31.6 Å². The minimum Gasteiger partial charge on any atom is -0.388 e. The highest BCUT2D eigenvalue weighted by atomic mass is 79.9. The number of nitrogens with zero attached hydrogens (tertiary/aromatic N) is 4. The van der Waals surface area contributed by atoms with Crippen LogP contribution in [0.4, 0.5) is 16.0 Å². The highest BCUT2D eigenvalue weighted by molar-refractivity contribution is 9.10. The molecule has 1 aliphatic rings. The number of aliphatic hydroxyl groups excluding tert-OH is 2. The van der Waals surface area contributed by atoms with Gasteiger partial charge in [0.1, 0.15) is 41.6 Å². The molecule has 0 radical (unpaired) electrons. The van der Waals surface area contributed by atoms with E-state index >= 15 is 0 Å². The van der Waals surface area contributed by atoms with Crippen molar-refractivity contribution >= 4 is 49.5 Å². The van der Waals surface area contributed by atoms with Gasteiger partial charge in [-0.05, 0) is 63.7 Å². The van der Waals surface area contributed by atoms with Gasteiger partial charge in [-0.25, -0.2) is 19.3 Å². The Bertz CT molecular complexity index is 1420. The summed E-state index contributed by atoms with van der Waals surface area (Å²) in [7, 11) is 0. The first kappa shape index (κ1) is 21.7. The van der Waals surface area contributed by atoms with Crippen LogP contribution in [0.1, 0.15) is 18.5 Å². The Labute approximate surface area is 196 Å².